The molecule has 5 nitrogen and oxygen atoms in total. The average Bonchev–Trinajstić information content (AvgIpc) is 2.22. The van der Waals surface area contributed by atoms with E-state index in [9.17, 15) is 18.0 Å². The number of rotatable bonds is 3. The number of halogens is 5. The first-order valence-corrected chi connectivity index (χ1v) is 5.27. The minimum absolute atomic E-state index is 0. The zero-order valence-electron chi connectivity index (χ0n) is 10.1. The van der Waals surface area contributed by atoms with E-state index in [0.29, 0.717) is 0 Å². The molecule has 0 atom stereocenters. The SMILES string of the molecule is Cl.Cl.O=C(O)c1cc(CN2CCC2)nc(C(F)(F)F)n1. The van der Waals surface area contributed by atoms with Crippen LogP contribution in [-0.4, -0.2) is 39.0 Å². The van der Waals surface area contributed by atoms with Crippen molar-refractivity contribution in [3.05, 3.63) is 23.3 Å². The lowest BCUT2D eigenvalue weighted by molar-refractivity contribution is -0.145. The molecule has 1 aromatic heterocycles. The van der Waals surface area contributed by atoms with E-state index >= 15 is 0 Å². The van der Waals surface area contributed by atoms with Crippen LogP contribution in [0.1, 0.15) is 28.4 Å². The highest BCUT2D eigenvalue weighted by molar-refractivity contribution is 5.86. The number of carboxylic acids is 1. The van der Waals surface area contributed by atoms with Crippen molar-refractivity contribution in [1.29, 1.82) is 0 Å². The van der Waals surface area contributed by atoms with Crippen molar-refractivity contribution in [3.8, 4) is 0 Å². The molecule has 1 fully saturated rings. The molecule has 2 heterocycles. The van der Waals surface area contributed by atoms with Crippen LogP contribution in [-0.2, 0) is 12.7 Å². The molecule has 1 aliphatic rings. The number of likely N-dealkylation sites (tertiary alicyclic amines) is 1. The van der Waals surface area contributed by atoms with Gasteiger partial charge in [0.2, 0.25) is 5.82 Å². The first-order chi connectivity index (χ1) is 8.36. The molecule has 0 radical (unpaired) electrons. The van der Waals surface area contributed by atoms with Gasteiger partial charge in [0.15, 0.2) is 5.69 Å². The quantitative estimate of drug-likeness (QED) is 0.918. The first-order valence-electron chi connectivity index (χ1n) is 5.27. The number of carboxylic acid groups (broad SMARTS) is 1. The van der Waals surface area contributed by atoms with Crippen LogP contribution in [0.5, 0.6) is 0 Å². The number of alkyl halides is 3. The molecule has 0 bridgehead atoms. The third-order valence-corrected chi connectivity index (χ3v) is 2.59. The molecule has 0 aromatic carbocycles. The number of hydrogen-bond acceptors (Lipinski definition) is 4. The largest absolute Gasteiger partial charge is 0.477 e. The minimum atomic E-state index is -4.74. The Bertz CT molecular complexity index is 481. The van der Waals surface area contributed by atoms with Crippen LogP contribution in [0.15, 0.2) is 6.07 Å². The summed E-state index contributed by atoms with van der Waals surface area (Å²) in [4.78, 5) is 19.0. The van der Waals surface area contributed by atoms with Gasteiger partial charge in [0, 0.05) is 6.54 Å². The summed E-state index contributed by atoms with van der Waals surface area (Å²) in [7, 11) is 0. The van der Waals surface area contributed by atoms with Crippen LogP contribution in [0.3, 0.4) is 0 Å². The van der Waals surface area contributed by atoms with Crippen LogP contribution in [0, 0.1) is 0 Å². The maximum Gasteiger partial charge on any atom is 0.451 e. The topological polar surface area (TPSA) is 66.3 Å². The number of aromatic carboxylic acids is 1. The monoisotopic (exact) mass is 333 g/mol. The lowest BCUT2D eigenvalue weighted by atomic mass is 10.2. The van der Waals surface area contributed by atoms with Gasteiger partial charge in [0.25, 0.3) is 0 Å². The summed E-state index contributed by atoms with van der Waals surface area (Å²) >= 11 is 0. The molecule has 0 aliphatic carbocycles. The Morgan fingerprint density at radius 2 is 1.90 bits per heavy atom. The minimum Gasteiger partial charge on any atom is -0.477 e. The van der Waals surface area contributed by atoms with E-state index in [-0.39, 0.29) is 37.1 Å². The van der Waals surface area contributed by atoms with Crippen molar-refractivity contribution in [2.75, 3.05) is 13.1 Å². The average molecular weight is 334 g/mol. The van der Waals surface area contributed by atoms with E-state index in [1.807, 2.05) is 4.90 Å². The van der Waals surface area contributed by atoms with E-state index in [1.54, 1.807) is 0 Å². The number of hydrogen-bond donors (Lipinski definition) is 1. The fourth-order valence-corrected chi connectivity index (χ4v) is 1.58. The van der Waals surface area contributed by atoms with Crippen molar-refractivity contribution in [1.82, 2.24) is 14.9 Å². The van der Waals surface area contributed by atoms with Gasteiger partial charge in [0.05, 0.1) is 5.69 Å². The van der Waals surface area contributed by atoms with Gasteiger partial charge >= 0.3 is 12.1 Å². The van der Waals surface area contributed by atoms with Gasteiger partial charge < -0.3 is 5.11 Å². The van der Waals surface area contributed by atoms with Crippen molar-refractivity contribution < 1.29 is 23.1 Å². The second-order valence-electron chi connectivity index (χ2n) is 4.00. The zero-order valence-corrected chi connectivity index (χ0v) is 11.7. The van der Waals surface area contributed by atoms with Crippen molar-refractivity contribution in [2.45, 2.75) is 19.1 Å². The summed E-state index contributed by atoms with van der Waals surface area (Å²) in [5, 5.41) is 8.73. The van der Waals surface area contributed by atoms with Crippen molar-refractivity contribution in [3.63, 3.8) is 0 Å². The van der Waals surface area contributed by atoms with E-state index in [4.69, 9.17) is 5.11 Å². The van der Waals surface area contributed by atoms with Crippen LogP contribution < -0.4 is 0 Å². The van der Waals surface area contributed by atoms with Gasteiger partial charge in [-0.1, -0.05) is 0 Å². The standard InChI is InChI=1S/C10H10F3N3O2.2ClH/c11-10(12,13)9-14-6(5-16-2-1-3-16)4-7(15-9)8(17)18;;/h4H,1-3,5H2,(H,17,18);2*1H. The van der Waals surface area contributed by atoms with Crippen LogP contribution in [0.25, 0.3) is 0 Å². The van der Waals surface area contributed by atoms with E-state index in [1.165, 1.54) is 0 Å². The molecule has 10 heteroatoms. The Balaban J connectivity index is 0.00000180. The van der Waals surface area contributed by atoms with Gasteiger partial charge in [-0.05, 0) is 25.6 Å². The third-order valence-electron chi connectivity index (χ3n) is 2.59. The number of aromatic nitrogens is 2. The van der Waals surface area contributed by atoms with Crippen molar-refractivity contribution >= 4 is 30.8 Å². The fourth-order valence-electron chi connectivity index (χ4n) is 1.58. The molecule has 1 aromatic rings. The first kappa shape index (κ1) is 18.9. The van der Waals surface area contributed by atoms with Crippen molar-refractivity contribution in [2.24, 2.45) is 0 Å². The van der Waals surface area contributed by atoms with E-state index in [2.05, 4.69) is 9.97 Å². The highest BCUT2D eigenvalue weighted by Crippen LogP contribution is 2.26. The Morgan fingerprint density at radius 3 is 2.30 bits per heavy atom. The second-order valence-corrected chi connectivity index (χ2v) is 4.00. The van der Waals surface area contributed by atoms with Crippen LogP contribution in [0.2, 0.25) is 0 Å². The molecule has 1 saturated heterocycles. The summed E-state index contributed by atoms with van der Waals surface area (Å²) in [6.07, 6.45) is -3.75. The van der Waals surface area contributed by atoms with Gasteiger partial charge in [-0.2, -0.15) is 13.2 Å². The number of nitrogens with zero attached hydrogens (tertiary/aromatic N) is 3. The van der Waals surface area contributed by atoms with Gasteiger partial charge in [0.1, 0.15) is 0 Å². The maximum absolute atomic E-state index is 12.5. The zero-order chi connectivity index (χ0) is 13.3. The molecular weight excluding hydrogens is 322 g/mol. The summed E-state index contributed by atoms with van der Waals surface area (Å²) in [5.74, 6) is -2.90. The summed E-state index contributed by atoms with van der Waals surface area (Å²) in [5.41, 5.74) is -0.553. The summed E-state index contributed by atoms with van der Waals surface area (Å²) in [6, 6.07) is 1.08. The lowest BCUT2D eigenvalue weighted by Crippen LogP contribution is -2.36. The Hall–Kier alpha value is -1.12. The summed E-state index contributed by atoms with van der Waals surface area (Å²) < 4.78 is 37.5. The highest BCUT2D eigenvalue weighted by atomic mass is 35.5. The lowest BCUT2D eigenvalue weighted by Gasteiger charge is -2.30. The van der Waals surface area contributed by atoms with Crippen LogP contribution >= 0.6 is 24.8 Å². The molecular formula is C10H12Cl2F3N3O2. The molecule has 1 aliphatic heterocycles. The summed E-state index contributed by atoms with van der Waals surface area (Å²) in [6.45, 7) is 1.79. The molecule has 0 amide bonds. The van der Waals surface area contributed by atoms with E-state index < -0.39 is 23.7 Å². The molecule has 0 unspecified atom stereocenters. The third kappa shape index (κ3) is 4.46. The fraction of sp³-hybridized carbons (Fsp3) is 0.500. The smallest absolute Gasteiger partial charge is 0.451 e. The molecule has 0 saturated carbocycles. The van der Waals surface area contributed by atoms with Gasteiger partial charge in [-0.25, -0.2) is 14.8 Å². The molecule has 1 N–H and O–H groups in total. The number of carbonyl (C=O) groups is 1. The maximum atomic E-state index is 12.5. The van der Waals surface area contributed by atoms with E-state index in [0.717, 1.165) is 25.6 Å². The molecule has 20 heavy (non-hydrogen) atoms. The Morgan fingerprint density at radius 1 is 1.30 bits per heavy atom. The normalized spacial score (nSPS) is 14.8. The second kappa shape index (κ2) is 7.05. The molecule has 2 rings (SSSR count). The van der Waals surface area contributed by atoms with Gasteiger partial charge in [-0.3, -0.25) is 4.90 Å². The molecule has 114 valence electrons. The predicted octanol–water partition coefficient (Wildman–Crippen LogP) is 2.24. The van der Waals surface area contributed by atoms with Crippen LogP contribution in [0.4, 0.5) is 13.2 Å². The Labute approximate surface area is 125 Å². The predicted molar refractivity (Wildman–Crippen MR) is 68.4 cm³/mol. The Kier molecular flexibility index (Phi) is 6.66. The molecule has 0 spiro atoms. The highest BCUT2D eigenvalue weighted by Gasteiger charge is 2.36. The van der Waals surface area contributed by atoms with Gasteiger partial charge in [-0.15, -0.1) is 24.8 Å².